The highest BCUT2D eigenvalue weighted by Gasteiger charge is 2.38. The summed E-state index contributed by atoms with van der Waals surface area (Å²) in [7, 11) is 2.08. The highest BCUT2D eigenvalue weighted by Crippen LogP contribution is 2.41. The van der Waals surface area contributed by atoms with Gasteiger partial charge in [0.25, 0.3) is 0 Å². The van der Waals surface area contributed by atoms with Gasteiger partial charge in [-0.25, -0.2) is 0 Å². The zero-order valence-corrected chi connectivity index (χ0v) is 12.8. The van der Waals surface area contributed by atoms with E-state index in [0.29, 0.717) is 12.0 Å². The van der Waals surface area contributed by atoms with Crippen molar-refractivity contribution in [1.29, 1.82) is 0 Å². The molecule has 0 radical (unpaired) electrons. The van der Waals surface area contributed by atoms with Crippen LogP contribution < -0.4 is 5.32 Å². The van der Waals surface area contributed by atoms with Crippen LogP contribution in [0.3, 0.4) is 0 Å². The molecule has 0 aromatic rings. The number of aliphatic hydroxyl groups is 1. The second kappa shape index (κ2) is 7.05. The summed E-state index contributed by atoms with van der Waals surface area (Å²) >= 11 is 0. The maximum absolute atomic E-state index is 9.34. The Morgan fingerprint density at radius 3 is 2.58 bits per heavy atom. The van der Waals surface area contributed by atoms with Crippen molar-refractivity contribution in [3.05, 3.63) is 0 Å². The molecule has 2 fully saturated rings. The molecule has 2 unspecified atom stereocenters. The van der Waals surface area contributed by atoms with Gasteiger partial charge in [-0.05, 0) is 44.1 Å². The van der Waals surface area contributed by atoms with Crippen molar-refractivity contribution in [3.63, 3.8) is 0 Å². The minimum Gasteiger partial charge on any atom is -0.395 e. The summed E-state index contributed by atoms with van der Waals surface area (Å²) in [4.78, 5) is 2.58. The molecule has 3 nitrogen and oxygen atoms in total. The summed E-state index contributed by atoms with van der Waals surface area (Å²) in [5.41, 5.74) is 0.442. The molecule has 2 rings (SSSR count). The average Bonchev–Trinajstić information content (AvgIpc) is 2.26. The molecule has 0 saturated heterocycles. The fourth-order valence-electron chi connectivity index (χ4n) is 4.21. The molecule has 0 amide bonds. The Labute approximate surface area is 118 Å². The quantitative estimate of drug-likeness (QED) is 0.743. The van der Waals surface area contributed by atoms with Crippen LogP contribution >= 0.6 is 0 Å². The minimum absolute atomic E-state index is 0.307. The molecular weight excluding hydrogens is 236 g/mol. The Kier molecular flexibility index (Phi) is 5.67. The lowest BCUT2D eigenvalue weighted by molar-refractivity contribution is 0.0256. The summed E-state index contributed by atoms with van der Waals surface area (Å²) in [6.45, 7) is 5.89. The molecule has 2 atom stereocenters. The largest absolute Gasteiger partial charge is 0.395 e. The molecular formula is C16H32N2O. The van der Waals surface area contributed by atoms with Crippen LogP contribution in [0.1, 0.15) is 51.9 Å². The molecule has 2 N–H and O–H groups in total. The highest BCUT2D eigenvalue weighted by molar-refractivity contribution is 4.92. The third-order valence-corrected chi connectivity index (χ3v) is 5.25. The van der Waals surface area contributed by atoms with Gasteiger partial charge in [0.05, 0.1) is 6.61 Å². The molecule has 2 aliphatic rings. The SMILES string of the molecule is CNCC1(CN(CCO)C2CCC2)CCCC(C)C1. The van der Waals surface area contributed by atoms with Gasteiger partial charge in [-0.3, -0.25) is 4.90 Å². The standard InChI is InChI=1S/C16H32N2O/c1-14-5-4-8-16(11-14,12-17-2)13-18(9-10-19)15-6-3-7-15/h14-15,17,19H,3-13H2,1-2H3. The lowest BCUT2D eigenvalue weighted by Crippen LogP contribution is -2.51. The highest BCUT2D eigenvalue weighted by atomic mass is 16.3. The molecule has 0 heterocycles. The van der Waals surface area contributed by atoms with E-state index in [9.17, 15) is 5.11 Å². The van der Waals surface area contributed by atoms with Crippen molar-refractivity contribution in [3.8, 4) is 0 Å². The van der Waals surface area contributed by atoms with Crippen molar-refractivity contribution in [2.24, 2.45) is 11.3 Å². The van der Waals surface area contributed by atoms with Crippen LogP contribution in [0, 0.1) is 11.3 Å². The van der Waals surface area contributed by atoms with Gasteiger partial charge in [-0.1, -0.05) is 26.2 Å². The van der Waals surface area contributed by atoms with E-state index in [1.54, 1.807) is 0 Å². The van der Waals surface area contributed by atoms with E-state index in [1.807, 2.05) is 0 Å². The molecule has 2 saturated carbocycles. The van der Waals surface area contributed by atoms with E-state index >= 15 is 0 Å². The monoisotopic (exact) mass is 268 g/mol. The number of rotatable bonds is 7. The van der Waals surface area contributed by atoms with Gasteiger partial charge < -0.3 is 10.4 Å². The van der Waals surface area contributed by atoms with E-state index < -0.39 is 0 Å². The third-order valence-electron chi connectivity index (χ3n) is 5.25. The van der Waals surface area contributed by atoms with Crippen molar-refractivity contribution in [2.75, 3.05) is 33.3 Å². The van der Waals surface area contributed by atoms with E-state index in [-0.39, 0.29) is 0 Å². The number of hydrogen-bond donors (Lipinski definition) is 2. The average molecular weight is 268 g/mol. The summed E-state index contributed by atoms with van der Waals surface area (Å²) in [5, 5.41) is 12.8. The first-order valence-electron chi connectivity index (χ1n) is 8.18. The lowest BCUT2D eigenvalue weighted by Gasteiger charge is -2.47. The number of nitrogens with one attached hydrogen (secondary N) is 1. The van der Waals surface area contributed by atoms with E-state index in [2.05, 4.69) is 24.2 Å². The summed E-state index contributed by atoms with van der Waals surface area (Å²) in [5.74, 6) is 0.861. The first-order valence-corrected chi connectivity index (χ1v) is 8.18. The molecule has 2 aliphatic carbocycles. The van der Waals surface area contributed by atoms with Crippen molar-refractivity contribution < 1.29 is 5.11 Å². The first-order chi connectivity index (χ1) is 9.19. The predicted octanol–water partition coefficient (Wildman–Crippen LogP) is 2.25. The van der Waals surface area contributed by atoms with Crippen LogP contribution in [0.2, 0.25) is 0 Å². The van der Waals surface area contributed by atoms with Gasteiger partial charge in [0.1, 0.15) is 0 Å². The Morgan fingerprint density at radius 2 is 2.05 bits per heavy atom. The van der Waals surface area contributed by atoms with Crippen LogP contribution in [0.5, 0.6) is 0 Å². The third kappa shape index (κ3) is 3.93. The van der Waals surface area contributed by atoms with Gasteiger partial charge >= 0.3 is 0 Å². The summed E-state index contributed by atoms with van der Waals surface area (Å²) < 4.78 is 0. The molecule has 112 valence electrons. The zero-order chi connectivity index (χ0) is 13.7. The molecule has 0 aliphatic heterocycles. The number of nitrogens with zero attached hydrogens (tertiary/aromatic N) is 1. The Hall–Kier alpha value is -0.120. The fraction of sp³-hybridized carbons (Fsp3) is 1.00. The Morgan fingerprint density at radius 1 is 1.26 bits per heavy atom. The molecule has 0 aromatic heterocycles. The molecule has 19 heavy (non-hydrogen) atoms. The van der Waals surface area contributed by atoms with Crippen LogP contribution in [-0.4, -0.2) is 49.3 Å². The first kappa shape index (κ1) is 15.3. The minimum atomic E-state index is 0.307. The summed E-state index contributed by atoms with van der Waals surface area (Å²) in [6.07, 6.45) is 9.53. The van der Waals surface area contributed by atoms with Crippen LogP contribution in [0.4, 0.5) is 0 Å². The van der Waals surface area contributed by atoms with Crippen LogP contribution in [-0.2, 0) is 0 Å². The molecule has 0 bridgehead atoms. The Balaban J connectivity index is 2.00. The second-order valence-electron chi connectivity index (χ2n) is 7.01. The maximum atomic E-state index is 9.34. The van der Waals surface area contributed by atoms with Crippen LogP contribution in [0.25, 0.3) is 0 Å². The predicted molar refractivity (Wildman–Crippen MR) is 80.3 cm³/mol. The van der Waals surface area contributed by atoms with Crippen molar-refractivity contribution in [1.82, 2.24) is 10.2 Å². The van der Waals surface area contributed by atoms with E-state index in [1.165, 1.54) is 51.5 Å². The zero-order valence-electron chi connectivity index (χ0n) is 12.8. The van der Waals surface area contributed by atoms with Gasteiger partial charge in [-0.2, -0.15) is 0 Å². The van der Waals surface area contributed by atoms with E-state index in [4.69, 9.17) is 0 Å². The molecule has 0 aromatic carbocycles. The van der Waals surface area contributed by atoms with Gasteiger partial charge in [0.15, 0.2) is 0 Å². The van der Waals surface area contributed by atoms with Crippen molar-refractivity contribution >= 4 is 0 Å². The normalized spacial score (nSPS) is 32.5. The fourth-order valence-corrected chi connectivity index (χ4v) is 4.21. The molecule has 3 heteroatoms. The van der Waals surface area contributed by atoms with Gasteiger partial charge in [-0.15, -0.1) is 0 Å². The second-order valence-corrected chi connectivity index (χ2v) is 7.01. The molecule has 0 spiro atoms. The van der Waals surface area contributed by atoms with Crippen molar-refractivity contribution in [2.45, 2.75) is 57.9 Å². The number of hydrogen-bond acceptors (Lipinski definition) is 3. The van der Waals surface area contributed by atoms with Crippen LogP contribution in [0.15, 0.2) is 0 Å². The van der Waals surface area contributed by atoms with Gasteiger partial charge in [0.2, 0.25) is 0 Å². The topological polar surface area (TPSA) is 35.5 Å². The smallest absolute Gasteiger partial charge is 0.0558 e. The Bertz CT molecular complexity index is 263. The lowest BCUT2D eigenvalue weighted by atomic mass is 9.69. The van der Waals surface area contributed by atoms with E-state index in [0.717, 1.165) is 25.0 Å². The summed E-state index contributed by atoms with van der Waals surface area (Å²) in [6, 6.07) is 0.748. The number of aliphatic hydroxyl groups excluding tert-OH is 1. The van der Waals surface area contributed by atoms with Gasteiger partial charge in [0, 0.05) is 25.7 Å². The maximum Gasteiger partial charge on any atom is 0.0558 e.